The minimum atomic E-state index is 0.601. The van der Waals surface area contributed by atoms with Crippen molar-refractivity contribution in [2.45, 2.75) is 87.9 Å². The molecule has 280 valence electrons. The van der Waals surface area contributed by atoms with E-state index in [1.807, 2.05) is 0 Å². The molecular weight excluding hydrogens is 705 g/mol. The second-order valence-corrected chi connectivity index (χ2v) is 21.1. The molecule has 0 N–H and O–H groups in total. The summed E-state index contributed by atoms with van der Waals surface area (Å²) in [5, 5.41) is 8.64. The normalized spacial score (nSPS) is 34.3. The van der Waals surface area contributed by atoms with Crippen LogP contribution in [0.2, 0.25) is 0 Å². The number of nitrogens with zero attached hydrogens (tertiary/aromatic N) is 4. The van der Waals surface area contributed by atoms with Gasteiger partial charge in [0, 0.05) is 61.2 Å². The lowest BCUT2D eigenvalue weighted by Crippen LogP contribution is -2.41. The summed E-state index contributed by atoms with van der Waals surface area (Å²) >= 11 is 0. The molecular formula is C54H44N4. The van der Waals surface area contributed by atoms with Crippen LogP contribution in [0.3, 0.4) is 0 Å². The van der Waals surface area contributed by atoms with E-state index in [0.717, 1.165) is 23.7 Å². The standard InChI is InChI=1S/C54H44N4/c1-2-7-36(8-3-1)57-41-11-5-4-9-38(41)47-37(10-6-12-42(47)57)27-17-39-48-43(25-55-50-30-15-34-19-32-13-28(45(48)50)21-53(32,34)23-30)58-44-26-56-51-31-16-35-20-33-14-29(22-54(33,35)24-31)46(51)49(44)40(18-27)52(39)58/h1-12,17-18,25-26,28-35H,13-16,19-24H2. The van der Waals surface area contributed by atoms with Crippen molar-refractivity contribution in [1.82, 2.24) is 18.9 Å². The van der Waals surface area contributed by atoms with E-state index < -0.39 is 0 Å². The molecule has 8 aliphatic rings. The Labute approximate surface area is 336 Å². The lowest BCUT2D eigenvalue weighted by Gasteiger charge is -2.48. The fourth-order valence-electron chi connectivity index (χ4n) is 17.5. The van der Waals surface area contributed by atoms with Crippen molar-refractivity contribution in [2.24, 2.45) is 34.5 Å². The highest BCUT2D eigenvalue weighted by Crippen LogP contribution is 2.78. The summed E-state index contributed by atoms with van der Waals surface area (Å²) in [7, 11) is 0. The van der Waals surface area contributed by atoms with E-state index in [9.17, 15) is 0 Å². The maximum absolute atomic E-state index is 5.58. The molecule has 9 aromatic rings. The van der Waals surface area contributed by atoms with Crippen LogP contribution in [-0.2, 0) is 0 Å². The number of hydrogen-bond donors (Lipinski definition) is 0. The van der Waals surface area contributed by atoms with Crippen molar-refractivity contribution in [1.29, 1.82) is 0 Å². The maximum atomic E-state index is 5.58. The maximum Gasteiger partial charge on any atom is 0.0728 e. The number of fused-ring (bicyclic) bond motifs is 21. The van der Waals surface area contributed by atoms with Gasteiger partial charge in [0.2, 0.25) is 0 Å². The Morgan fingerprint density at radius 3 is 1.67 bits per heavy atom. The Morgan fingerprint density at radius 1 is 0.483 bits per heavy atom. The fourth-order valence-corrected chi connectivity index (χ4v) is 17.5. The van der Waals surface area contributed by atoms with Crippen LogP contribution in [0.25, 0.3) is 76.7 Å². The van der Waals surface area contributed by atoms with E-state index in [-0.39, 0.29) is 0 Å². The Kier molecular flexibility index (Phi) is 4.88. The van der Waals surface area contributed by atoms with Crippen molar-refractivity contribution < 1.29 is 0 Å². The lowest BCUT2D eigenvalue weighted by atomic mass is 9.56. The van der Waals surface area contributed by atoms with Crippen LogP contribution in [0.5, 0.6) is 0 Å². The molecule has 4 aromatic carbocycles. The van der Waals surface area contributed by atoms with E-state index in [1.54, 1.807) is 11.1 Å². The van der Waals surface area contributed by atoms with Gasteiger partial charge in [-0.3, -0.25) is 9.97 Å². The van der Waals surface area contributed by atoms with Gasteiger partial charge < -0.3 is 8.97 Å². The van der Waals surface area contributed by atoms with Gasteiger partial charge in [0.25, 0.3) is 0 Å². The Hall–Kier alpha value is -5.22. The van der Waals surface area contributed by atoms with Gasteiger partial charge in [-0.25, -0.2) is 0 Å². The zero-order valence-corrected chi connectivity index (χ0v) is 32.7. The van der Waals surface area contributed by atoms with E-state index in [0.29, 0.717) is 34.5 Å². The number of hydrogen-bond acceptors (Lipinski definition) is 2. The SMILES string of the molecule is c1ccc(-n2c3ccccc3c3c(-c4cc5c6c7c(ncc6n6c8cnc9c(c8c(c4)c56)C4CC5CC6CC9CC65C4)C4CC5CC6CC7CC56C4)cccc32)cc1. The zero-order valence-electron chi connectivity index (χ0n) is 32.7. The molecule has 10 unspecified atom stereocenters. The minimum Gasteiger partial charge on any atom is -0.309 e. The van der Waals surface area contributed by atoms with E-state index in [2.05, 4.69) is 106 Å². The van der Waals surface area contributed by atoms with Crippen LogP contribution in [0.15, 0.2) is 97.3 Å². The quantitative estimate of drug-likeness (QED) is 0.176. The molecule has 8 aliphatic carbocycles. The third kappa shape index (κ3) is 3.09. The molecule has 0 radical (unpaired) electrons. The fraction of sp³-hybridized carbons (Fsp3) is 0.370. The molecule has 0 saturated heterocycles. The highest BCUT2D eigenvalue weighted by atomic mass is 15.0. The Balaban J connectivity index is 1.03. The first-order valence-corrected chi connectivity index (χ1v) is 22.8. The summed E-state index contributed by atoms with van der Waals surface area (Å²) in [5.74, 6) is 6.26. The van der Waals surface area contributed by atoms with Crippen LogP contribution in [-0.4, -0.2) is 18.9 Å². The summed E-state index contributed by atoms with van der Waals surface area (Å²) in [4.78, 5) is 11.2. The second-order valence-electron chi connectivity index (χ2n) is 21.1. The molecule has 4 heteroatoms. The van der Waals surface area contributed by atoms with Crippen LogP contribution in [0.1, 0.15) is 110 Å². The molecule has 2 spiro atoms. The van der Waals surface area contributed by atoms with Crippen molar-refractivity contribution in [3.05, 3.63) is 120 Å². The second kappa shape index (κ2) is 9.46. The van der Waals surface area contributed by atoms with Gasteiger partial charge in [-0.1, -0.05) is 48.5 Å². The van der Waals surface area contributed by atoms with Crippen molar-refractivity contribution >= 4 is 59.9 Å². The van der Waals surface area contributed by atoms with Gasteiger partial charge in [0.05, 0.1) is 40.0 Å². The van der Waals surface area contributed by atoms with Gasteiger partial charge >= 0.3 is 0 Å². The highest BCUT2D eigenvalue weighted by Gasteiger charge is 2.67. The smallest absolute Gasteiger partial charge is 0.0728 e. The Morgan fingerprint density at radius 2 is 1.03 bits per heavy atom. The van der Waals surface area contributed by atoms with Crippen molar-refractivity contribution in [2.75, 3.05) is 0 Å². The zero-order chi connectivity index (χ0) is 37.0. The van der Waals surface area contributed by atoms with Crippen LogP contribution in [0, 0.1) is 34.5 Å². The van der Waals surface area contributed by atoms with Crippen molar-refractivity contribution in [3.63, 3.8) is 0 Å². The van der Waals surface area contributed by atoms with Crippen LogP contribution in [0.4, 0.5) is 0 Å². The molecule has 6 saturated carbocycles. The number of aromatic nitrogens is 4. The summed E-state index contributed by atoms with van der Waals surface area (Å²) in [6.45, 7) is 0. The van der Waals surface area contributed by atoms with Crippen LogP contribution >= 0.6 is 0 Å². The minimum absolute atomic E-state index is 0.601. The van der Waals surface area contributed by atoms with E-state index in [1.165, 1.54) is 152 Å². The average Bonchev–Trinajstić information content (AvgIpc) is 4.09. The van der Waals surface area contributed by atoms with E-state index in [4.69, 9.17) is 9.97 Å². The third-order valence-corrected chi connectivity index (χ3v) is 19.4. The lowest BCUT2D eigenvalue weighted by molar-refractivity contribution is 0.00321. The predicted octanol–water partition coefficient (Wildman–Crippen LogP) is 13.2. The first-order chi connectivity index (χ1) is 28.6. The largest absolute Gasteiger partial charge is 0.309 e. The first kappa shape index (κ1) is 29.9. The molecule has 0 aliphatic heterocycles. The molecule has 5 aromatic heterocycles. The molecule has 10 atom stereocenters. The van der Waals surface area contributed by atoms with Gasteiger partial charge in [0.1, 0.15) is 0 Å². The number of benzene rings is 4. The number of pyridine rings is 2. The molecule has 58 heavy (non-hydrogen) atoms. The number of rotatable bonds is 2. The molecule has 0 amide bonds. The first-order valence-electron chi connectivity index (χ1n) is 22.8. The predicted molar refractivity (Wildman–Crippen MR) is 232 cm³/mol. The molecule has 6 fully saturated rings. The van der Waals surface area contributed by atoms with Gasteiger partial charge in [-0.05, 0) is 169 Å². The van der Waals surface area contributed by atoms with Gasteiger partial charge in [0.15, 0.2) is 0 Å². The molecule has 5 heterocycles. The Bertz CT molecular complexity index is 3250. The highest BCUT2D eigenvalue weighted by molar-refractivity contribution is 6.27. The van der Waals surface area contributed by atoms with Crippen molar-refractivity contribution in [3.8, 4) is 16.8 Å². The van der Waals surface area contributed by atoms with Crippen LogP contribution < -0.4 is 0 Å². The monoisotopic (exact) mass is 748 g/mol. The molecule has 4 nitrogen and oxygen atoms in total. The number of para-hydroxylation sites is 2. The van der Waals surface area contributed by atoms with Gasteiger partial charge in [-0.15, -0.1) is 0 Å². The summed E-state index contributed by atoms with van der Waals surface area (Å²) in [5.41, 5.74) is 18.0. The summed E-state index contributed by atoms with van der Waals surface area (Å²) in [6.07, 6.45) is 18.6. The summed E-state index contributed by atoms with van der Waals surface area (Å²) < 4.78 is 5.15. The summed E-state index contributed by atoms with van der Waals surface area (Å²) in [6, 6.07) is 32.4. The van der Waals surface area contributed by atoms with Gasteiger partial charge in [-0.2, -0.15) is 0 Å². The average molecular weight is 749 g/mol. The topological polar surface area (TPSA) is 35.1 Å². The van der Waals surface area contributed by atoms with E-state index >= 15 is 0 Å². The molecule has 17 rings (SSSR count). The third-order valence-electron chi connectivity index (χ3n) is 19.4. The molecule has 6 bridgehead atoms.